The topological polar surface area (TPSA) is 99.2 Å². The van der Waals surface area contributed by atoms with E-state index in [9.17, 15) is 18.3 Å². The third kappa shape index (κ3) is 6.77. The predicted octanol–water partition coefficient (Wildman–Crippen LogP) is 3.47. The number of amides is 1. The summed E-state index contributed by atoms with van der Waals surface area (Å²) in [5.41, 5.74) is 4.39. The molecule has 1 fully saturated rings. The summed E-state index contributed by atoms with van der Waals surface area (Å²) in [6, 6.07) is 20.4. The third-order valence-corrected chi connectivity index (χ3v) is 6.56. The van der Waals surface area contributed by atoms with Gasteiger partial charge in [-0.2, -0.15) is 0 Å². The highest BCUT2D eigenvalue weighted by atomic mass is 32.2. The van der Waals surface area contributed by atoms with Crippen LogP contribution in [0.25, 0.3) is 11.1 Å². The zero-order valence-electron chi connectivity index (χ0n) is 20.5. The van der Waals surface area contributed by atoms with E-state index in [0.29, 0.717) is 12.2 Å². The SMILES string of the molecule is CCOc1cc(CN2CCN(c3ccc(C(=O)NS(C)(=O)=O)cc3)CC2)cc(-c2cccc(O)c2)c1. The second-order valence-corrected chi connectivity index (χ2v) is 10.6. The number of hydrogen-bond donors (Lipinski definition) is 2. The van der Waals surface area contributed by atoms with Crippen LogP contribution in [0.4, 0.5) is 5.69 Å². The number of piperazine rings is 1. The van der Waals surface area contributed by atoms with E-state index >= 15 is 0 Å². The number of anilines is 1. The molecular weight excluding hydrogens is 478 g/mol. The van der Waals surface area contributed by atoms with Crippen molar-refractivity contribution < 1.29 is 23.1 Å². The molecule has 0 saturated carbocycles. The summed E-state index contributed by atoms with van der Waals surface area (Å²) >= 11 is 0. The van der Waals surface area contributed by atoms with Crippen molar-refractivity contribution in [2.75, 3.05) is 43.9 Å². The second kappa shape index (κ2) is 11.0. The highest BCUT2D eigenvalue weighted by Crippen LogP contribution is 2.29. The molecule has 8 nitrogen and oxygen atoms in total. The van der Waals surface area contributed by atoms with Gasteiger partial charge >= 0.3 is 0 Å². The van der Waals surface area contributed by atoms with Crippen LogP contribution in [0, 0.1) is 0 Å². The van der Waals surface area contributed by atoms with Crippen molar-refractivity contribution in [1.82, 2.24) is 9.62 Å². The largest absolute Gasteiger partial charge is 0.508 e. The summed E-state index contributed by atoms with van der Waals surface area (Å²) in [5, 5.41) is 9.90. The van der Waals surface area contributed by atoms with E-state index < -0.39 is 15.9 Å². The van der Waals surface area contributed by atoms with Gasteiger partial charge in [-0.1, -0.05) is 12.1 Å². The van der Waals surface area contributed by atoms with Gasteiger partial charge in [0, 0.05) is 44.0 Å². The summed E-state index contributed by atoms with van der Waals surface area (Å²) in [6.07, 6.45) is 0.957. The summed E-state index contributed by atoms with van der Waals surface area (Å²) < 4.78 is 30.4. The second-order valence-electron chi connectivity index (χ2n) is 8.86. The minimum atomic E-state index is -3.60. The number of carbonyl (C=O) groups excluding carboxylic acids is 1. The van der Waals surface area contributed by atoms with Crippen molar-refractivity contribution in [3.05, 3.63) is 77.9 Å². The molecule has 0 radical (unpaired) electrons. The van der Waals surface area contributed by atoms with E-state index in [1.807, 2.05) is 42.0 Å². The third-order valence-electron chi connectivity index (χ3n) is 6.01. The Labute approximate surface area is 212 Å². The Bertz CT molecular complexity index is 1320. The molecule has 0 spiro atoms. The summed E-state index contributed by atoms with van der Waals surface area (Å²) in [7, 11) is -3.60. The molecule has 1 saturated heterocycles. The Morgan fingerprint density at radius 2 is 1.69 bits per heavy atom. The van der Waals surface area contributed by atoms with Gasteiger partial charge in [0.05, 0.1) is 12.9 Å². The lowest BCUT2D eigenvalue weighted by molar-refractivity contribution is 0.0981. The zero-order chi connectivity index (χ0) is 25.7. The first-order valence-corrected chi connectivity index (χ1v) is 13.7. The molecule has 0 unspecified atom stereocenters. The van der Waals surface area contributed by atoms with Gasteiger partial charge < -0.3 is 14.7 Å². The number of sulfonamides is 1. The van der Waals surface area contributed by atoms with Crippen molar-refractivity contribution in [2.24, 2.45) is 0 Å². The molecule has 1 heterocycles. The fourth-order valence-electron chi connectivity index (χ4n) is 4.33. The van der Waals surface area contributed by atoms with Crippen LogP contribution < -0.4 is 14.4 Å². The number of hydrogen-bond acceptors (Lipinski definition) is 7. The van der Waals surface area contributed by atoms with Crippen LogP contribution in [0.2, 0.25) is 0 Å². The fourth-order valence-corrected chi connectivity index (χ4v) is 4.78. The van der Waals surface area contributed by atoms with Crippen molar-refractivity contribution in [1.29, 1.82) is 0 Å². The molecule has 2 N–H and O–H groups in total. The Morgan fingerprint density at radius 3 is 2.33 bits per heavy atom. The van der Waals surface area contributed by atoms with Gasteiger partial charge in [-0.25, -0.2) is 13.1 Å². The number of aromatic hydroxyl groups is 1. The molecule has 1 amide bonds. The van der Waals surface area contributed by atoms with E-state index in [1.165, 1.54) is 0 Å². The van der Waals surface area contributed by atoms with Crippen LogP contribution in [0.3, 0.4) is 0 Å². The van der Waals surface area contributed by atoms with Gasteiger partial charge in [0.2, 0.25) is 10.0 Å². The molecule has 4 rings (SSSR count). The number of nitrogens with zero attached hydrogens (tertiary/aromatic N) is 2. The summed E-state index contributed by atoms with van der Waals surface area (Å²) in [4.78, 5) is 16.7. The van der Waals surface area contributed by atoms with Crippen molar-refractivity contribution in [3.8, 4) is 22.6 Å². The average molecular weight is 510 g/mol. The average Bonchev–Trinajstić information content (AvgIpc) is 2.84. The van der Waals surface area contributed by atoms with E-state index in [0.717, 1.165) is 67.1 Å². The van der Waals surface area contributed by atoms with Gasteiger partial charge in [-0.3, -0.25) is 9.69 Å². The molecule has 0 atom stereocenters. The lowest BCUT2D eigenvalue weighted by Gasteiger charge is -2.36. The molecule has 3 aromatic rings. The number of phenols is 1. The van der Waals surface area contributed by atoms with Crippen molar-refractivity contribution in [2.45, 2.75) is 13.5 Å². The summed E-state index contributed by atoms with van der Waals surface area (Å²) in [5.74, 6) is 0.413. The Kier molecular flexibility index (Phi) is 7.81. The first-order chi connectivity index (χ1) is 17.2. The molecule has 0 bridgehead atoms. The molecule has 9 heteroatoms. The van der Waals surface area contributed by atoms with Crippen LogP contribution in [-0.2, 0) is 16.6 Å². The van der Waals surface area contributed by atoms with E-state index in [4.69, 9.17) is 4.74 Å². The highest BCUT2D eigenvalue weighted by Gasteiger charge is 2.19. The van der Waals surface area contributed by atoms with Gasteiger partial charge in [-0.05, 0) is 78.2 Å². The molecular formula is C27H31N3O5S. The quantitative estimate of drug-likeness (QED) is 0.480. The van der Waals surface area contributed by atoms with Crippen molar-refractivity contribution >= 4 is 21.6 Å². The number of ether oxygens (including phenoxy) is 1. The van der Waals surface area contributed by atoms with Crippen LogP contribution in [0.5, 0.6) is 11.5 Å². The maximum absolute atomic E-state index is 12.0. The molecule has 1 aliphatic rings. The van der Waals surface area contributed by atoms with E-state index in [1.54, 1.807) is 24.3 Å². The van der Waals surface area contributed by atoms with Crippen LogP contribution in [-0.4, -0.2) is 63.4 Å². The lowest BCUT2D eigenvalue weighted by atomic mass is 10.0. The Morgan fingerprint density at radius 1 is 0.972 bits per heavy atom. The Hall–Kier alpha value is -3.56. The molecule has 0 aliphatic carbocycles. The number of rotatable bonds is 8. The number of phenolic OH excluding ortho intramolecular Hbond substituents is 1. The van der Waals surface area contributed by atoms with Gasteiger partial charge in [0.25, 0.3) is 5.91 Å². The smallest absolute Gasteiger partial charge is 0.264 e. The monoisotopic (exact) mass is 509 g/mol. The predicted molar refractivity (Wildman–Crippen MR) is 141 cm³/mol. The van der Waals surface area contributed by atoms with Crippen LogP contribution >= 0.6 is 0 Å². The molecule has 190 valence electrons. The highest BCUT2D eigenvalue weighted by molar-refractivity contribution is 7.89. The molecule has 3 aromatic carbocycles. The first kappa shape index (κ1) is 25.5. The van der Waals surface area contributed by atoms with Gasteiger partial charge in [0.1, 0.15) is 11.5 Å². The first-order valence-electron chi connectivity index (χ1n) is 11.9. The Balaban J connectivity index is 1.40. The van der Waals surface area contributed by atoms with Crippen molar-refractivity contribution in [3.63, 3.8) is 0 Å². The van der Waals surface area contributed by atoms with E-state index in [-0.39, 0.29) is 5.75 Å². The fraction of sp³-hybridized carbons (Fsp3) is 0.296. The minimum absolute atomic E-state index is 0.232. The number of nitrogens with one attached hydrogen (secondary N) is 1. The minimum Gasteiger partial charge on any atom is -0.508 e. The molecule has 36 heavy (non-hydrogen) atoms. The van der Waals surface area contributed by atoms with Gasteiger partial charge in [0.15, 0.2) is 0 Å². The van der Waals surface area contributed by atoms with Crippen LogP contribution in [0.15, 0.2) is 66.7 Å². The van der Waals surface area contributed by atoms with E-state index in [2.05, 4.69) is 21.9 Å². The normalized spacial score (nSPS) is 14.4. The zero-order valence-corrected chi connectivity index (χ0v) is 21.3. The maximum atomic E-state index is 12.0. The lowest BCUT2D eigenvalue weighted by Crippen LogP contribution is -2.46. The number of benzene rings is 3. The molecule has 0 aromatic heterocycles. The standard InChI is InChI=1S/C27H31N3O5S/c1-3-35-26-16-20(15-23(18-26)22-5-4-6-25(31)17-22)19-29-11-13-30(14-12-29)24-9-7-21(8-10-24)27(32)28-36(2,33)34/h4-10,15-18,31H,3,11-14,19H2,1-2H3,(H,28,32). The van der Waals surface area contributed by atoms with Gasteiger partial charge in [-0.15, -0.1) is 0 Å². The molecule has 1 aliphatic heterocycles. The number of carbonyl (C=O) groups is 1. The summed E-state index contributed by atoms with van der Waals surface area (Å²) in [6.45, 7) is 6.73. The maximum Gasteiger partial charge on any atom is 0.264 e. The van der Waals surface area contributed by atoms with Crippen LogP contribution in [0.1, 0.15) is 22.8 Å².